The number of pyridine rings is 2. The maximum absolute atomic E-state index is 12.7. The highest BCUT2D eigenvalue weighted by Crippen LogP contribution is 2.36. The van der Waals surface area contributed by atoms with Gasteiger partial charge in [0.1, 0.15) is 17.0 Å². The number of aromatic nitrogens is 2. The van der Waals surface area contributed by atoms with Crippen LogP contribution in [0.15, 0.2) is 55.0 Å². The largest absolute Gasteiger partial charge is 0.619 e. The van der Waals surface area contributed by atoms with E-state index >= 15 is 0 Å². The molecule has 1 amide bonds. The summed E-state index contributed by atoms with van der Waals surface area (Å²) < 4.78 is 52.4. The summed E-state index contributed by atoms with van der Waals surface area (Å²) in [4.78, 5) is 16.8. The van der Waals surface area contributed by atoms with Crippen molar-refractivity contribution in [1.82, 2.24) is 4.98 Å². The highest BCUT2D eigenvalue weighted by atomic mass is 19.4. The van der Waals surface area contributed by atoms with Crippen molar-refractivity contribution >= 4 is 11.6 Å². The molecule has 0 saturated carbocycles. The number of hydrogen-bond acceptors (Lipinski definition) is 6. The van der Waals surface area contributed by atoms with Crippen LogP contribution in [-0.2, 0) is 0 Å². The zero-order valence-corrected chi connectivity index (χ0v) is 16.3. The fourth-order valence-corrected chi connectivity index (χ4v) is 2.56. The van der Waals surface area contributed by atoms with Gasteiger partial charge in [-0.05, 0) is 36.8 Å². The Balaban J connectivity index is 1.89. The van der Waals surface area contributed by atoms with Crippen LogP contribution >= 0.6 is 0 Å². The van der Waals surface area contributed by atoms with Gasteiger partial charge in [-0.1, -0.05) is 0 Å². The van der Waals surface area contributed by atoms with E-state index in [0.29, 0.717) is 10.3 Å². The number of nitrogens with zero attached hydrogens (tertiary/aromatic N) is 2. The number of rotatable bonds is 6. The Bertz CT molecular complexity index is 1110. The summed E-state index contributed by atoms with van der Waals surface area (Å²) in [6.45, 7) is 1.71. The lowest BCUT2D eigenvalue weighted by molar-refractivity contribution is -0.604. The van der Waals surface area contributed by atoms with Gasteiger partial charge < -0.3 is 24.7 Å². The number of methoxy groups -OCH3 is 1. The van der Waals surface area contributed by atoms with Crippen molar-refractivity contribution in [2.75, 3.05) is 12.4 Å². The zero-order chi connectivity index (χ0) is 22.6. The van der Waals surface area contributed by atoms with Crippen LogP contribution in [-0.4, -0.2) is 24.4 Å². The molecule has 3 aromatic rings. The summed E-state index contributed by atoms with van der Waals surface area (Å²) in [5, 5.41) is 13.9. The van der Waals surface area contributed by atoms with Crippen LogP contribution < -0.4 is 24.3 Å². The molecule has 2 aromatic heterocycles. The van der Waals surface area contributed by atoms with Gasteiger partial charge in [0.2, 0.25) is 12.1 Å². The molecule has 2 heterocycles. The first kappa shape index (κ1) is 21.7. The molecule has 0 aliphatic heterocycles. The minimum Gasteiger partial charge on any atom is -0.619 e. The number of carbonyl (C=O) groups is 1. The van der Waals surface area contributed by atoms with Gasteiger partial charge >= 0.3 is 6.36 Å². The third kappa shape index (κ3) is 5.75. The Hall–Kier alpha value is -4.02. The number of ether oxygens (including phenoxy) is 3. The molecule has 0 unspecified atom stereocenters. The second kappa shape index (κ2) is 8.78. The molecule has 1 N–H and O–H groups in total. The SMILES string of the molecule is COc1cc(OC(F)(F)F)ccc1Oc1ncc(C)cc1C(=O)Nc1ccc[n+]([O-])c1. The van der Waals surface area contributed by atoms with Crippen molar-refractivity contribution in [1.29, 1.82) is 0 Å². The maximum Gasteiger partial charge on any atom is 0.573 e. The first-order chi connectivity index (χ1) is 14.6. The molecule has 0 aliphatic carbocycles. The standard InChI is InChI=1S/C20H16F3N3O5/c1-12-8-15(18(27)25-13-4-3-7-26(28)11-13)19(24-10-12)30-16-6-5-14(9-17(16)29-2)31-20(21,22)23/h3-11H,1-2H3,(H,25,27). The summed E-state index contributed by atoms with van der Waals surface area (Å²) in [6, 6.07) is 7.73. The summed E-state index contributed by atoms with van der Waals surface area (Å²) >= 11 is 0. The van der Waals surface area contributed by atoms with Crippen LogP contribution in [0.2, 0.25) is 0 Å². The van der Waals surface area contributed by atoms with Crippen LogP contribution in [0.5, 0.6) is 23.1 Å². The molecule has 0 saturated heterocycles. The van der Waals surface area contributed by atoms with Gasteiger partial charge in [0, 0.05) is 18.3 Å². The molecule has 11 heteroatoms. The molecule has 0 bridgehead atoms. The van der Waals surface area contributed by atoms with Crippen LogP contribution in [0, 0.1) is 12.1 Å². The lowest BCUT2D eigenvalue weighted by atomic mass is 10.2. The molecule has 0 aliphatic rings. The van der Waals surface area contributed by atoms with Crippen LogP contribution in [0.4, 0.5) is 18.9 Å². The molecule has 31 heavy (non-hydrogen) atoms. The normalized spacial score (nSPS) is 11.0. The van der Waals surface area contributed by atoms with E-state index in [4.69, 9.17) is 9.47 Å². The molecular formula is C20H16F3N3O5. The van der Waals surface area contributed by atoms with Gasteiger partial charge in [-0.2, -0.15) is 4.73 Å². The molecular weight excluding hydrogens is 419 g/mol. The van der Waals surface area contributed by atoms with E-state index in [9.17, 15) is 23.2 Å². The first-order valence-electron chi connectivity index (χ1n) is 8.73. The fourth-order valence-electron chi connectivity index (χ4n) is 2.56. The number of benzene rings is 1. The lowest BCUT2D eigenvalue weighted by Gasteiger charge is -2.15. The second-order valence-corrected chi connectivity index (χ2v) is 6.23. The lowest BCUT2D eigenvalue weighted by Crippen LogP contribution is -2.25. The second-order valence-electron chi connectivity index (χ2n) is 6.23. The number of hydrogen-bond donors (Lipinski definition) is 1. The molecule has 1 aromatic carbocycles. The van der Waals surface area contributed by atoms with Crippen molar-refractivity contribution in [3.05, 3.63) is 71.3 Å². The smallest absolute Gasteiger partial charge is 0.573 e. The van der Waals surface area contributed by atoms with Crippen LogP contribution in [0.1, 0.15) is 15.9 Å². The summed E-state index contributed by atoms with van der Waals surface area (Å²) in [5.74, 6) is -1.27. The molecule has 8 nitrogen and oxygen atoms in total. The van der Waals surface area contributed by atoms with Crippen molar-refractivity contribution in [3.8, 4) is 23.1 Å². The summed E-state index contributed by atoms with van der Waals surface area (Å²) in [5.41, 5.74) is 0.950. The Labute approximate surface area is 174 Å². The molecule has 0 radical (unpaired) electrons. The molecule has 0 spiro atoms. The fraction of sp³-hybridized carbons (Fsp3) is 0.150. The predicted molar refractivity (Wildman–Crippen MR) is 102 cm³/mol. The minimum atomic E-state index is -4.86. The Morgan fingerprint density at radius 2 is 1.97 bits per heavy atom. The highest BCUT2D eigenvalue weighted by molar-refractivity contribution is 6.05. The molecule has 0 atom stereocenters. The summed E-state index contributed by atoms with van der Waals surface area (Å²) in [6.07, 6.45) is -0.981. The molecule has 162 valence electrons. The first-order valence-corrected chi connectivity index (χ1v) is 8.73. The van der Waals surface area contributed by atoms with E-state index in [-0.39, 0.29) is 28.6 Å². The zero-order valence-electron chi connectivity index (χ0n) is 16.3. The van der Waals surface area contributed by atoms with Crippen LogP contribution in [0.25, 0.3) is 0 Å². The quantitative estimate of drug-likeness (QED) is 0.465. The Morgan fingerprint density at radius 3 is 2.65 bits per heavy atom. The van der Waals surface area contributed by atoms with Gasteiger partial charge in [0.15, 0.2) is 17.7 Å². The van der Waals surface area contributed by atoms with Crippen molar-refractivity contribution in [2.24, 2.45) is 0 Å². The molecule has 3 rings (SSSR count). The van der Waals surface area contributed by atoms with Crippen molar-refractivity contribution in [3.63, 3.8) is 0 Å². The average Bonchev–Trinajstić information content (AvgIpc) is 2.69. The van der Waals surface area contributed by atoms with E-state index in [1.54, 1.807) is 6.92 Å². The highest BCUT2D eigenvalue weighted by Gasteiger charge is 2.31. The van der Waals surface area contributed by atoms with Crippen molar-refractivity contribution < 1.29 is 36.9 Å². The average molecular weight is 435 g/mol. The van der Waals surface area contributed by atoms with Gasteiger partial charge in [-0.15, -0.1) is 13.2 Å². The van der Waals surface area contributed by atoms with E-state index in [1.165, 1.54) is 50.0 Å². The van der Waals surface area contributed by atoms with Gasteiger partial charge in [-0.3, -0.25) is 4.79 Å². The van der Waals surface area contributed by atoms with E-state index in [2.05, 4.69) is 15.0 Å². The number of amides is 1. The van der Waals surface area contributed by atoms with E-state index in [0.717, 1.165) is 12.1 Å². The maximum atomic E-state index is 12.7. The number of halogens is 3. The van der Waals surface area contributed by atoms with Gasteiger partial charge in [0.25, 0.3) is 5.91 Å². The monoisotopic (exact) mass is 435 g/mol. The van der Waals surface area contributed by atoms with Gasteiger partial charge in [-0.25, -0.2) is 4.98 Å². The summed E-state index contributed by atoms with van der Waals surface area (Å²) in [7, 11) is 1.24. The third-order valence-corrected chi connectivity index (χ3v) is 3.84. The van der Waals surface area contributed by atoms with Crippen LogP contribution in [0.3, 0.4) is 0 Å². The third-order valence-electron chi connectivity index (χ3n) is 3.84. The number of alkyl halides is 3. The number of carbonyl (C=O) groups excluding carboxylic acids is 1. The Morgan fingerprint density at radius 1 is 1.19 bits per heavy atom. The Kier molecular flexibility index (Phi) is 6.14. The predicted octanol–water partition coefficient (Wildman–Crippen LogP) is 3.98. The number of nitrogens with one attached hydrogen (secondary N) is 1. The topological polar surface area (TPSA) is 96.6 Å². The van der Waals surface area contributed by atoms with Crippen molar-refractivity contribution in [2.45, 2.75) is 13.3 Å². The minimum absolute atomic E-state index is 0.0135. The van der Waals surface area contributed by atoms with E-state index < -0.39 is 18.0 Å². The van der Waals surface area contributed by atoms with Gasteiger partial charge in [0.05, 0.1) is 7.11 Å². The van der Waals surface area contributed by atoms with E-state index in [1.807, 2.05) is 0 Å². The molecule has 0 fully saturated rings. The number of aryl methyl sites for hydroxylation is 1. The number of anilines is 1.